The lowest BCUT2D eigenvalue weighted by atomic mass is 10.1. The molecule has 0 spiro atoms. The molecule has 8 nitrogen and oxygen atoms in total. The molecule has 37 heavy (non-hydrogen) atoms. The van der Waals surface area contributed by atoms with E-state index in [2.05, 4.69) is 20.3 Å². The van der Waals surface area contributed by atoms with Crippen LogP contribution in [-0.4, -0.2) is 61.8 Å². The Balaban J connectivity index is 1.54. The van der Waals surface area contributed by atoms with Crippen molar-refractivity contribution in [3.8, 4) is 0 Å². The number of rotatable bonds is 8. The van der Waals surface area contributed by atoms with Crippen LogP contribution in [0.2, 0.25) is 0 Å². The highest BCUT2D eigenvalue weighted by Crippen LogP contribution is 2.40. The fourth-order valence-corrected chi connectivity index (χ4v) is 5.17. The number of ether oxygens (including phenoxy) is 1. The van der Waals surface area contributed by atoms with Crippen LogP contribution in [0.15, 0.2) is 39.1 Å². The van der Waals surface area contributed by atoms with Gasteiger partial charge in [0.05, 0.1) is 44.8 Å². The van der Waals surface area contributed by atoms with Gasteiger partial charge in [0, 0.05) is 24.7 Å². The van der Waals surface area contributed by atoms with E-state index in [9.17, 15) is 26.4 Å². The summed E-state index contributed by atoms with van der Waals surface area (Å²) in [4.78, 5) is 25.2. The maximum atomic E-state index is 13.4. The lowest BCUT2D eigenvalue weighted by molar-refractivity contribution is -0.120. The summed E-state index contributed by atoms with van der Waals surface area (Å²) < 4.78 is 71.2. The topological polar surface area (TPSA) is 110 Å². The van der Waals surface area contributed by atoms with Crippen molar-refractivity contribution in [2.45, 2.75) is 56.1 Å². The number of hydrogen-bond donors (Lipinski definition) is 1. The van der Waals surface area contributed by atoms with Crippen LogP contribution in [0.1, 0.15) is 37.2 Å². The quantitative estimate of drug-likeness (QED) is 0.545. The summed E-state index contributed by atoms with van der Waals surface area (Å²) in [5.74, 6) is -0.667. The standard InChI is InChI=1S/C25H25F3N4O4S/c1-25(2)11-36-24(32-25)12-4-5-16(21(6-12)37(3,34)35)30-17-7-13(8-20(33)14-9-15(14)26)29-18-10-19(23(27)28)31-22(17)18/h4-7,14-15,23H,8-11H2,1-3H3,(H,29,30)/t14-,15+/m0/s1. The Morgan fingerprint density at radius 1 is 1.24 bits per heavy atom. The van der Waals surface area contributed by atoms with Gasteiger partial charge in [-0.2, -0.15) is 0 Å². The number of aliphatic imine (C=N–C) groups is 2. The van der Waals surface area contributed by atoms with Gasteiger partial charge in [-0.3, -0.25) is 9.78 Å². The Kier molecular flexibility index (Phi) is 6.12. The number of anilines is 2. The summed E-state index contributed by atoms with van der Waals surface area (Å²) in [7, 11) is -3.75. The minimum atomic E-state index is -3.75. The predicted octanol–water partition coefficient (Wildman–Crippen LogP) is 4.15. The second kappa shape index (κ2) is 8.93. The number of ketones is 1. The molecule has 1 N–H and O–H groups in total. The Hall–Kier alpha value is -3.28. The van der Waals surface area contributed by atoms with Gasteiger partial charge in [0.2, 0.25) is 5.90 Å². The van der Waals surface area contributed by atoms with E-state index in [1.807, 2.05) is 13.8 Å². The van der Waals surface area contributed by atoms with Crippen molar-refractivity contribution in [1.29, 1.82) is 0 Å². The van der Waals surface area contributed by atoms with Gasteiger partial charge in [0.15, 0.2) is 9.84 Å². The van der Waals surface area contributed by atoms with E-state index in [1.165, 1.54) is 18.2 Å². The summed E-state index contributed by atoms with van der Waals surface area (Å²) >= 11 is 0. The number of halogens is 3. The largest absolute Gasteiger partial charge is 0.475 e. The third-order valence-corrected chi connectivity index (χ3v) is 7.46. The molecule has 3 heterocycles. The SMILES string of the molecule is CC1(C)COC(c2ccc(Nc3cc(CC(=O)[C@H]4C[C@H]4F)nc4c3N=C(C(F)F)C4)c(S(C)(=O)=O)c2)=N1. The smallest absolute Gasteiger partial charge is 0.277 e. The van der Waals surface area contributed by atoms with E-state index in [1.54, 1.807) is 6.07 Å². The van der Waals surface area contributed by atoms with Crippen LogP contribution in [0.4, 0.5) is 30.2 Å². The molecule has 1 aromatic carbocycles. The van der Waals surface area contributed by atoms with Crippen LogP contribution in [-0.2, 0) is 32.2 Å². The van der Waals surface area contributed by atoms with Crippen LogP contribution >= 0.6 is 0 Å². The summed E-state index contributed by atoms with van der Waals surface area (Å²) in [6.07, 6.45) is -3.11. The van der Waals surface area contributed by atoms with Crippen LogP contribution in [0.25, 0.3) is 0 Å². The molecule has 2 aromatic rings. The van der Waals surface area contributed by atoms with E-state index in [0.717, 1.165) is 6.26 Å². The zero-order valence-corrected chi connectivity index (χ0v) is 21.2. The molecule has 0 saturated heterocycles. The van der Waals surface area contributed by atoms with Crippen LogP contribution in [0, 0.1) is 5.92 Å². The second-order valence-corrected chi connectivity index (χ2v) is 12.1. The Morgan fingerprint density at radius 3 is 2.57 bits per heavy atom. The van der Waals surface area contributed by atoms with Gasteiger partial charge < -0.3 is 10.1 Å². The molecule has 1 fully saturated rings. The maximum Gasteiger partial charge on any atom is 0.277 e. The maximum absolute atomic E-state index is 13.4. The van der Waals surface area contributed by atoms with Gasteiger partial charge in [0.25, 0.3) is 6.43 Å². The first-order valence-electron chi connectivity index (χ1n) is 11.7. The summed E-state index contributed by atoms with van der Waals surface area (Å²) in [6.45, 7) is 4.14. The number of hydrogen-bond acceptors (Lipinski definition) is 8. The Bertz CT molecular complexity index is 1470. The van der Waals surface area contributed by atoms with E-state index in [4.69, 9.17) is 4.74 Å². The molecule has 0 bridgehead atoms. The summed E-state index contributed by atoms with van der Waals surface area (Å²) in [5, 5.41) is 3.00. The number of nitrogens with one attached hydrogen (secondary N) is 1. The van der Waals surface area contributed by atoms with Gasteiger partial charge in [-0.1, -0.05) is 0 Å². The highest BCUT2D eigenvalue weighted by atomic mass is 32.2. The number of aromatic nitrogens is 1. The number of Topliss-reactive ketones (excluding diaryl/α,β-unsaturated/α-hetero) is 1. The van der Waals surface area contributed by atoms with Crippen molar-refractivity contribution in [2.24, 2.45) is 15.9 Å². The fraction of sp³-hybridized carbons (Fsp3) is 0.440. The molecule has 5 rings (SSSR count). The van der Waals surface area contributed by atoms with Gasteiger partial charge >= 0.3 is 0 Å². The molecule has 0 radical (unpaired) electrons. The molecule has 2 atom stereocenters. The summed E-state index contributed by atoms with van der Waals surface area (Å²) in [5.41, 5.74) is 0.727. The molecule has 12 heteroatoms. The number of alkyl halides is 3. The van der Waals surface area contributed by atoms with E-state index in [-0.39, 0.29) is 64.1 Å². The first-order chi connectivity index (χ1) is 17.3. The average molecular weight is 535 g/mol. The second-order valence-electron chi connectivity index (χ2n) is 10.2. The fourth-order valence-electron chi connectivity index (χ4n) is 4.31. The zero-order valence-electron chi connectivity index (χ0n) is 20.4. The number of pyridine rings is 1. The number of fused-ring (bicyclic) bond motifs is 1. The molecule has 2 aliphatic heterocycles. The lowest BCUT2D eigenvalue weighted by Crippen LogP contribution is -2.17. The highest BCUT2D eigenvalue weighted by Gasteiger charge is 2.43. The molecule has 196 valence electrons. The van der Waals surface area contributed by atoms with E-state index in [0.29, 0.717) is 18.1 Å². The van der Waals surface area contributed by atoms with Crippen LogP contribution < -0.4 is 5.32 Å². The molecule has 0 amide bonds. The Labute approximate surface area is 212 Å². The molecule has 0 unspecified atom stereocenters. The molecule has 1 saturated carbocycles. The first kappa shape index (κ1) is 25.4. The molecular formula is C25H25F3N4O4S. The third kappa shape index (κ3) is 5.25. The van der Waals surface area contributed by atoms with Gasteiger partial charge in [-0.05, 0) is 44.5 Å². The molecule has 1 aromatic heterocycles. The van der Waals surface area contributed by atoms with E-state index < -0.39 is 33.9 Å². The number of carbonyl (C=O) groups is 1. The van der Waals surface area contributed by atoms with Gasteiger partial charge in [0.1, 0.15) is 24.2 Å². The van der Waals surface area contributed by atoms with Crippen LogP contribution in [0.3, 0.4) is 0 Å². The normalized spacial score (nSPS) is 21.8. The van der Waals surface area contributed by atoms with Crippen molar-refractivity contribution in [1.82, 2.24) is 4.98 Å². The first-order valence-corrected chi connectivity index (χ1v) is 13.6. The highest BCUT2D eigenvalue weighted by molar-refractivity contribution is 7.90. The minimum Gasteiger partial charge on any atom is -0.475 e. The van der Waals surface area contributed by atoms with Crippen molar-refractivity contribution < 1.29 is 31.1 Å². The number of carbonyl (C=O) groups excluding carboxylic acids is 1. The van der Waals surface area contributed by atoms with Crippen molar-refractivity contribution in [3.63, 3.8) is 0 Å². The molecule has 3 aliphatic rings. The van der Waals surface area contributed by atoms with Crippen LogP contribution in [0.5, 0.6) is 0 Å². The summed E-state index contributed by atoms with van der Waals surface area (Å²) in [6, 6.07) is 6.08. The monoisotopic (exact) mass is 534 g/mol. The van der Waals surface area contributed by atoms with Crippen molar-refractivity contribution in [2.75, 3.05) is 18.2 Å². The lowest BCUT2D eigenvalue weighted by Gasteiger charge is -2.15. The Morgan fingerprint density at radius 2 is 1.97 bits per heavy atom. The minimum absolute atomic E-state index is 0.0569. The predicted molar refractivity (Wildman–Crippen MR) is 132 cm³/mol. The zero-order chi connectivity index (χ0) is 26.7. The van der Waals surface area contributed by atoms with Gasteiger partial charge in [-0.25, -0.2) is 31.6 Å². The van der Waals surface area contributed by atoms with E-state index >= 15 is 0 Å². The van der Waals surface area contributed by atoms with Crippen molar-refractivity contribution >= 4 is 44.3 Å². The molecular weight excluding hydrogens is 509 g/mol. The third-order valence-electron chi connectivity index (χ3n) is 6.32. The molecule has 1 aliphatic carbocycles. The average Bonchev–Trinajstić information content (AvgIpc) is 3.20. The number of benzene rings is 1. The van der Waals surface area contributed by atoms with Gasteiger partial charge in [-0.15, -0.1) is 0 Å². The van der Waals surface area contributed by atoms with Crippen molar-refractivity contribution in [3.05, 3.63) is 41.2 Å². The number of sulfone groups is 1. The number of nitrogens with zero attached hydrogens (tertiary/aromatic N) is 3.